The quantitative estimate of drug-likeness (QED) is 0.674. The lowest BCUT2D eigenvalue weighted by atomic mass is 10.0. The zero-order chi connectivity index (χ0) is 25.5. The number of piperidine rings is 1. The van der Waals surface area contributed by atoms with Crippen molar-refractivity contribution in [3.05, 3.63) is 64.7 Å². The Balaban J connectivity index is 1.29. The molecule has 1 atom stereocenters. The van der Waals surface area contributed by atoms with Gasteiger partial charge in [0.25, 0.3) is 5.91 Å². The summed E-state index contributed by atoms with van der Waals surface area (Å²) in [6.07, 6.45) is -3.23. The monoisotopic (exact) mass is 452 g/mol. The molecule has 33 heavy (non-hydrogen) atoms. The molecule has 2 saturated heterocycles. The van der Waals surface area contributed by atoms with Gasteiger partial charge in [0, 0.05) is 39.9 Å². The summed E-state index contributed by atoms with van der Waals surface area (Å²) in [6.45, 7) is 4.27. The molecule has 0 bridgehead atoms. The van der Waals surface area contributed by atoms with Crippen LogP contribution in [0.5, 0.6) is 5.75 Å². The first-order chi connectivity index (χ1) is 17.2. The number of carbonyl (C=O) groups is 3. The summed E-state index contributed by atoms with van der Waals surface area (Å²) in [6, 6.07) is 10.4. The van der Waals surface area contributed by atoms with E-state index in [-0.39, 0.29) is 18.7 Å². The number of morpholine rings is 1. The van der Waals surface area contributed by atoms with E-state index in [4.69, 9.17) is 13.6 Å². The number of hydrogen-bond donors (Lipinski definition) is 1. The van der Waals surface area contributed by atoms with Crippen LogP contribution in [0.25, 0.3) is 0 Å². The molecule has 0 aliphatic carbocycles. The van der Waals surface area contributed by atoms with Crippen LogP contribution in [0.1, 0.15) is 44.0 Å². The van der Waals surface area contributed by atoms with Gasteiger partial charge < -0.3 is 14.4 Å². The Morgan fingerprint density at radius 2 is 1.85 bits per heavy atom. The van der Waals surface area contributed by atoms with Gasteiger partial charge in [-0.2, -0.15) is 0 Å². The Bertz CT molecular complexity index is 1200. The zero-order valence-electron chi connectivity index (χ0n) is 21.1. The Labute approximate surface area is 196 Å². The molecule has 3 aliphatic heterocycles. The van der Waals surface area contributed by atoms with Crippen molar-refractivity contribution in [2.75, 3.05) is 26.3 Å². The van der Waals surface area contributed by atoms with E-state index in [9.17, 15) is 14.4 Å². The van der Waals surface area contributed by atoms with Crippen molar-refractivity contribution in [3.8, 4) is 5.75 Å². The van der Waals surface area contributed by atoms with Crippen LogP contribution in [0.15, 0.2) is 42.5 Å². The molecule has 0 aromatic heterocycles. The first kappa shape index (κ1) is 18.2. The highest BCUT2D eigenvalue weighted by atomic mass is 16.5. The van der Waals surface area contributed by atoms with E-state index < -0.39 is 36.5 Å². The van der Waals surface area contributed by atoms with E-state index in [2.05, 4.69) is 17.0 Å². The van der Waals surface area contributed by atoms with E-state index >= 15 is 0 Å². The minimum atomic E-state index is -2.58. The first-order valence-electron chi connectivity index (χ1n) is 12.5. The van der Waals surface area contributed by atoms with Crippen molar-refractivity contribution >= 4 is 17.7 Å². The second-order valence-corrected chi connectivity index (χ2v) is 8.25. The van der Waals surface area contributed by atoms with Crippen LogP contribution in [-0.4, -0.2) is 59.8 Å². The molecule has 5 rings (SSSR count). The summed E-state index contributed by atoms with van der Waals surface area (Å²) in [7, 11) is 0. The summed E-state index contributed by atoms with van der Waals surface area (Å²) in [5, 5.41) is 2.00. The fraction of sp³-hybridized carbons (Fsp3) is 0.400. The van der Waals surface area contributed by atoms with Crippen LogP contribution in [0.2, 0.25) is 0 Å². The minimum Gasteiger partial charge on any atom is -0.489 e. The molecular formula is C25H27N3O5. The summed E-state index contributed by atoms with van der Waals surface area (Å²) < 4.78 is 36.5. The molecule has 2 aromatic carbocycles. The average molecular weight is 453 g/mol. The van der Waals surface area contributed by atoms with E-state index in [0.29, 0.717) is 11.3 Å². The van der Waals surface area contributed by atoms with Crippen molar-refractivity contribution in [1.29, 1.82) is 0 Å². The third kappa shape index (κ3) is 4.62. The molecule has 0 spiro atoms. The Morgan fingerprint density at radius 3 is 2.61 bits per heavy atom. The third-order valence-electron chi connectivity index (χ3n) is 6.01. The number of rotatable bonds is 6. The Kier molecular flexibility index (Phi) is 5.15. The second-order valence-electron chi connectivity index (χ2n) is 8.25. The van der Waals surface area contributed by atoms with Crippen molar-refractivity contribution < 1.29 is 28.0 Å². The molecule has 0 radical (unpaired) electrons. The summed E-state index contributed by atoms with van der Waals surface area (Å²) in [5.74, 6) is -2.18. The van der Waals surface area contributed by atoms with Gasteiger partial charge >= 0.3 is 0 Å². The van der Waals surface area contributed by atoms with Crippen molar-refractivity contribution in [2.24, 2.45) is 0 Å². The Hall–Kier alpha value is -3.23. The second kappa shape index (κ2) is 9.33. The van der Waals surface area contributed by atoms with Gasteiger partial charge in [0.1, 0.15) is 18.4 Å². The predicted octanol–water partition coefficient (Wildman–Crippen LogP) is 1.86. The maximum Gasteiger partial charge on any atom is 0.255 e. The van der Waals surface area contributed by atoms with Gasteiger partial charge in [-0.05, 0) is 29.6 Å². The van der Waals surface area contributed by atoms with Crippen LogP contribution in [0.4, 0.5) is 0 Å². The molecule has 8 heteroatoms. The summed E-state index contributed by atoms with van der Waals surface area (Å²) in [5.41, 5.74) is 2.87. The summed E-state index contributed by atoms with van der Waals surface area (Å²) >= 11 is 0. The molecule has 1 unspecified atom stereocenters. The molecular weight excluding hydrogens is 422 g/mol. The summed E-state index contributed by atoms with van der Waals surface area (Å²) in [4.78, 5) is 40.7. The van der Waals surface area contributed by atoms with Crippen LogP contribution >= 0.6 is 0 Å². The van der Waals surface area contributed by atoms with Crippen LogP contribution in [0, 0.1) is 0 Å². The molecule has 3 heterocycles. The topological polar surface area (TPSA) is 88.2 Å². The lowest BCUT2D eigenvalue weighted by Crippen LogP contribution is -2.52. The molecule has 3 aliphatic rings. The van der Waals surface area contributed by atoms with Crippen molar-refractivity contribution in [3.63, 3.8) is 0 Å². The predicted molar refractivity (Wildman–Crippen MR) is 119 cm³/mol. The van der Waals surface area contributed by atoms with Gasteiger partial charge in [-0.3, -0.25) is 24.6 Å². The molecule has 3 amide bonds. The van der Waals surface area contributed by atoms with Crippen LogP contribution < -0.4 is 10.1 Å². The highest BCUT2D eigenvalue weighted by Gasteiger charge is 2.40. The number of nitrogens with one attached hydrogen (secondary N) is 1. The molecule has 2 aromatic rings. The van der Waals surface area contributed by atoms with Gasteiger partial charge in [-0.25, -0.2) is 0 Å². The van der Waals surface area contributed by atoms with Gasteiger partial charge in [0.15, 0.2) is 0 Å². The zero-order valence-corrected chi connectivity index (χ0v) is 18.1. The number of nitrogens with zero attached hydrogens (tertiary/aromatic N) is 2. The van der Waals surface area contributed by atoms with E-state index in [1.165, 1.54) is 5.56 Å². The number of ether oxygens (including phenoxy) is 2. The minimum absolute atomic E-state index is 0.173. The van der Waals surface area contributed by atoms with E-state index in [1.54, 1.807) is 18.2 Å². The average Bonchev–Trinajstić information content (AvgIpc) is 3.20. The molecule has 2 fully saturated rings. The van der Waals surface area contributed by atoms with Crippen molar-refractivity contribution in [1.82, 2.24) is 15.1 Å². The lowest BCUT2D eigenvalue weighted by Gasteiger charge is -2.29. The first-order valence-corrected chi connectivity index (χ1v) is 11.0. The fourth-order valence-electron chi connectivity index (χ4n) is 4.23. The highest BCUT2D eigenvalue weighted by molar-refractivity contribution is 6.05. The number of carbonyl (C=O) groups excluding carboxylic acids is 3. The smallest absolute Gasteiger partial charge is 0.255 e. The molecule has 0 saturated carbocycles. The fourth-order valence-corrected chi connectivity index (χ4v) is 4.23. The van der Waals surface area contributed by atoms with E-state index in [0.717, 1.165) is 43.3 Å². The molecule has 1 N–H and O–H groups in total. The van der Waals surface area contributed by atoms with Gasteiger partial charge in [0.05, 0.1) is 21.1 Å². The maximum absolute atomic E-state index is 13.2. The Morgan fingerprint density at radius 1 is 1.09 bits per heavy atom. The number of fused-ring (bicyclic) bond motifs is 1. The van der Waals surface area contributed by atoms with Gasteiger partial charge in [-0.15, -0.1) is 0 Å². The maximum atomic E-state index is 13.2. The van der Waals surface area contributed by atoms with Crippen LogP contribution in [0.3, 0.4) is 0 Å². The normalized spacial score (nSPS) is 26.2. The SMILES string of the molecule is [2H]C1([2H])CC(=O)NC(=O)C1([2H])N1Cc2c(OCc3ccc(CN4CCOCC4)cc3)cccc2C1=O. The van der Waals surface area contributed by atoms with Gasteiger partial charge in [0.2, 0.25) is 11.8 Å². The number of hydrogen-bond acceptors (Lipinski definition) is 6. The largest absolute Gasteiger partial charge is 0.489 e. The number of amides is 3. The van der Waals surface area contributed by atoms with E-state index in [1.807, 2.05) is 17.4 Å². The number of imide groups is 1. The van der Waals surface area contributed by atoms with Crippen LogP contribution in [-0.2, 0) is 34.0 Å². The number of benzene rings is 2. The van der Waals surface area contributed by atoms with Crippen molar-refractivity contribution in [2.45, 2.75) is 38.5 Å². The highest BCUT2D eigenvalue weighted by Crippen LogP contribution is 2.34. The molecule has 172 valence electrons. The lowest BCUT2D eigenvalue weighted by molar-refractivity contribution is -0.136. The molecule has 8 nitrogen and oxygen atoms in total. The standard InChI is InChI=1S/C25H27N3O5/c29-23-9-8-21(24(30)26-23)28-15-20-19(25(28)31)2-1-3-22(20)33-16-18-6-4-17(5-7-18)14-27-10-12-32-13-11-27/h1-7,21H,8-16H2,(H,26,29,30)/i8D2,21D. The van der Waals surface area contributed by atoms with Gasteiger partial charge in [-0.1, -0.05) is 30.3 Å². The third-order valence-corrected chi connectivity index (χ3v) is 6.01.